The van der Waals surface area contributed by atoms with Crippen LogP contribution in [0.15, 0.2) is 120 Å². The van der Waals surface area contributed by atoms with Crippen molar-refractivity contribution < 1.29 is 62.7 Å². The summed E-state index contributed by atoms with van der Waals surface area (Å²) in [7, 11) is 0.147. The van der Waals surface area contributed by atoms with Crippen LogP contribution < -0.4 is 9.47 Å². The van der Waals surface area contributed by atoms with Gasteiger partial charge in [-0.05, 0) is 81.1 Å². The van der Waals surface area contributed by atoms with Crippen molar-refractivity contribution in [1.29, 1.82) is 0 Å². The number of methoxy groups -OCH3 is 2. The second-order valence-electron chi connectivity index (χ2n) is 17.7. The summed E-state index contributed by atoms with van der Waals surface area (Å²) in [5, 5.41) is 0. The summed E-state index contributed by atoms with van der Waals surface area (Å²) < 4.78 is 162. The molecule has 0 saturated carbocycles. The first kappa shape index (κ1) is 49.6. The summed E-state index contributed by atoms with van der Waals surface area (Å²) in [6.07, 6.45) is -9.22. The van der Waals surface area contributed by atoms with Crippen LogP contribution in [-0.4, -0.2) is 69.1 Å². The maximum absolute atomic E-state index is 14.7. The molecule has 1 aliphatic rings. The Balaban J connectivity index is 1.69. The third-order valence-corrected chi connectivity index (χ3v) is 10.9. The molecule has 0 radical (unpaired) electrons. The van der Waals surface area contributed by atoms with E-state index >= 15 is 0 Å². The number of nitrogens with zero attached hydrogens (tertiary/aromatic N) is 2. The highest BCUT2D eigenvalue weighted by Gasteiger charge is 2.60. The minimum atomic E-state index is -6.20. The fourth-order valence-electron chi connectivity index (χ4n) is 6.96. The summed E-state index contributed by atoms with van der Waals surface area (Å²) >= 11 is 0. The van der Waals surface area contributed by atoms with Crippen molar-refractivity contribution in [3.05, 3.63) is 143 Å². The van der Waals surface area contributed by atoms with E-state index < -0.39 is 44.7 Å². The van der Waals surface area contributed by atoms with Gasteiger partial charge in [0.25, 0.3) is 0 Å². The van der Waals surface area contributed by atoms with E-state index in [2.05, 4.69) is 20.8 Å². The number of alkyl halides is 10. The van der Waals surface area contributed by atoms with E-state index in [1.807, 2.05) is 45.0 Å². The summed E-state index contributed by atoms with van der Waals surface area (Å²) in [5.41, 5.74) is 4.27. The fourth-order valence-corrected chi connectivity index (χ4v) is 6.96. The normalized spacial score (nSPS) is 14.7. The van der Waals surface area contributed by atoms with Gasteiger partial charge in [0.1, 0.15) is 24.7 Å². The topological polar surface area (TPSA) is 54.2 Å². The van der Waals surface area contributed by atoms with E-state index in [4.69, 9.17) is 23.8 Å². The number of allylic oxidation sites excluding steroid dienone is 2. The molecular formula is C49H47BF10N2O4. The lowest BCUT2D eigenvalue weighted by Crippen LogP contribution is -2.48. The number of ether oxygens (including phenoxy) is 2. The van der Waals surface area contributed by atoms with Gasteiger partial charge in [0, 0.05) is 28.1 Å². The molecule has 0 fully saturated rings. The Morgan fingerprint density at radius 2 is 0.955 bits per heavy atom. The molecule has 5 aromatic rings. The van der Waals surface area contributed by atoms with Crippen molar-refractivity contribution in [3.8, 4) is 33.9 Å². The highest BCUT2D eigenvalue weighted by atomic mass is 19.4. The molecule has 0 atom stereocenters. The molecule has 0 amide bonds. The van der Waals surface area contributed by atoms with E-state index in [-0.39, 0.29) is 39.0 Å². The first-order valence-electron chi connectivity index (χ1n) is 20.5. The standard InChI is InChI=1S/C49H47BF10N2O4/c1-44(2,3)34-17-9-32(10-18-34)40-25-38(30-13-21-36(63-7)22-14-30)41(61-40)27-43-39(31-15-23-37(64-8)24-16-31)26-42(33-11-19-35(20-12-33)45(4,5)6)62(43)50(65-28-46(51,52)48(55,56)57)66-29-47(53,54)49(58,59)60/h9-27H,28-29H2,1-8H3/b41-27-. The van der Waals surface area contributed by atoms with Gasteiger partial charge in [0.05, 0.1) is 25.6 Å². The van der Waals surface area contributed by atoms with Crippen molar-refractivity contribution in [1.82, 2.24) is 4.48 Å². The maximum atomic E-state index is 14.7. The molecule has 6 rings (SSSR count). The van der Waals surface area contributed by atoms with Crippen LogP contribution in [0.3, 0.4) is 0 Å². The monoisotopic (exact) mass is 928 g/mol. The zero-order chi connectivity index (χ0) is 48.6. The molecule has 0 N–H and O–H groups in total. The minimum absolute atomic E-state index is 0.0706. The molecule has 2 heterocycles. The highest BCUT2D eigenvalue weighted by molar-refractivity contribution is 6.44. The van der Waals surface area contributed by atoms with E-state index in [1.165, 1.54) is 26.4 Å². The quantitative estimate of drug-likeness (QED) is 0.0822. The van der Waals surface area contributed by atoms with Crippen LogP contribution in [0.2, 0.25) is 0 Å². The first-order chi connectivity index (χ1) is 30.6. The van der Waals surface area contributed by atoms with E-state index in [1.54, 1.807) is 78.9 Å². The van der Waals surface area contributed by atoms with E-state index in [0.29, 0.717) is 39.5 Å². The van der Waals surface area contributed by atoms with Gasteiger partial charge in [-0.1, -0.05) is 114 Å². The van der Waals surface area contributed by atoms with Gasteiger partial charge in [-0.25, -0.2) is 4.99 Å². The average Bonchev–Trinajstić information content (AvgIpc) is 3.84. The Morgan fingerprint density at radius 3 is 1.36 bits per heavy atom. The van der Waals surface area contributed by atoms with Gasteiger partial charge in [0.15, 0.2) is 0 Å². The van der Waals surface area contributed by atoms with E-state index in [9.17, 15) is 43.9 Å². The molecule has 66 heavy (non-hydrogen) atoms. The van der Waals surface area contributed by atoms with Crippen molar-refractivity contribution in [3.63, 3.8) is 0 Å². The maximum Gasteiger partial charge on any atom is 0.598 e. The Morgan fingerprint density at radius 1 is 0.545 bits per heavy atom. The molecule has 0 aliphatic carbocycles. The van der Waals surface area contributed by atoms with Crippen molar-refractivity contribution in [2.24, 2.45) is 4.99 Å². The van der Waals surface area contributed by atoms with Gasteiger partial charge in [-0.15, -0.1) is 0 Å². The van der Waals surface area contributed by atoms with Crippen LogP contribution in [0.5, 0.6) is 11.5 Å². The minimum Gasteiger partial charge on any atom is -0.497 e. The molecule has 350 valence electrons. The summed E-state index contributed by atoms with van der Waals surface area (Å²) in [6, 6.07) is 28.9. The lowest BCUT2D eigenvalue weighted by Gasteiger charge is -2.26. The third kappa shape index (κ3) is 10.9. The van der Waals surface area contributed by atoms with Gasteiger partial charge in [-0.3, -0.25) is 0 Å². The predicted octanol–water partition coefficient (Wildman–Crippen LogP) is 13.6. The number of hydrogen-bond donors (Lipinski definition) is 0. The zero-order valence-corrected chi connectivity index (χ0v) is 37.3. The van der Waals surface area contributed by atoms with Crippen molar-refractivity contribution in [2.75, 3.05) is 27.4 Å². The molecule has 0 saturated heterocycles. The number of halogens is 10. The number of aliphatic imine (C=N–C) groups is 1. The van der Waals surface area contributed by atoms with Crippen LogP contribution >= 0.6 is 0 Å². The molecule has 0 unspecified atom stereocenters. The summed E-state index contributed by atoms with van der Waals surface area (Å²) in [4.78, 5) is 4.97. The highest BCUT2D eigenvalue weighted by Crippen LogP contribution is 2.42. The average molecular weight is 929 g/mol. The van der Waals surface area contributed by atoms with Crippen LogP contribution in [0.1, 0.15) is 69.5 Å². The molecule has 0 spiro atoms. The number of hydrogen-bond acceptors (Lipinski definition) is 5. The largest absolute Gasteiger partial charge is 0.598 e. The molecule has 1 aromatic heterocycles. The molecule has 6 nitrogen and oxygen atoms in total. The van der Waals surface area contributed by atoms with Crippen LogP contribution in [-0.2, 0) is 20.1 Å². The van der Waals surface area contributed by atoms with Gasteiger partial charge >= 0.3 is 31.5 Å². The van der Waals surface area contributed by atoms with Crippen molar-refractivity contribution in [2.45, 2.75) is 76.6 Å². The number of aromatic nitrogens is 1. The number of rotatable bonds is 14. The lowest BCUT2D eigenvalue weighted by atomic mass is 9.86. The molecule has 1 aliphatic heterocycles. The second kappa shape index (κ2) is 18.5. The van der Waals surface area contributed by atoms with E-state index in [0.717, 1.165) is 15.6 Å². The smallest absolute Gasteiger partial charge is 0.497 e. The fraction of sp³-hybridized carbons (Fsp3) is 0.327. The lowest BCUT2D eigenvalue weighted by molar-refractivity contribution is -0.295. The first-order valence-corrected chi connectivity index (χ1v) is 20.5. The zero-order valence-electron chi connectivity index (χ0n) is 37.3. The SMILES string of the molecule is COc1ccc(C2=CC(c3ccc(C(C)(C)C)cc3)=N/C2=C\c2c(-c3ccc(OC)cc3)cc(-c3ccc(C(C)(C)C)cc3)n2B(OCC(F)(F)C(F)(F)F)OCC(F)(F)C(F)(F)F)cc1. The van der Waals surface area contributed by atoms with Crippen LogP contribution in [0, 0.1) is 0 Å². The molecule has 4 aromatic carbocycles. The Kier molecular flexibility index (Phi) is 13.9. The third-order valence-electron chi connectivity index (χ3n) is 10.9. The summed E-state index contributed by atoms with van der Waals surface area (Å²) in [6.45, 7) is 6.91. The van der Waals surface area contributed by atoms with Crippen LogP contribution in [0.4, 0.5) is 43.9 Å². The molecule has 0 bridgehead atoms. The summed E-state index contributed by atoms with van der Waals surface area (Å²) in [5.74, 6) is -10.3. The predicted molar refractivity (Wildman–Crippen MR) is 236 cm³/mol. The Labute approximate surface area is 376 Å². The van der Waals surface area contributed by atoms with Gasteiger partial charge < -0.3 is 23.3 Å². The van der Waals surface area contributed by atoms with Crippen LogP contribution in [0.25, 0.3) is 34.0 Å². The second-order valence-corrected chi connectivity index (χ2v) is 17.7. The number of benzene rings is 4. The van der Waals surface area contributed by atoms with Gasteiger partial charge in [-0.2, -0.15) is 43.9 Å². The van der Waals surface area contributed by atoms with Crippen molar-refractivity contribution >= 4 is 24.6 Å². The Bertz CT molecular complexity index is 2550. The molecular weight excluding hydrogens is 881 g/mol. The molecule has 17 heteroatoms. The Hall–Kier alpha value is -5.81. The van der Waals surface area contributed by atoms with Gasteiger partial charge in [0.2, 0.25) is 0 Å².